The Labute approximate surface area is 143 Å². The average Bonchev–Trinajstić information content (AvgIpc) is 2.90. The molecule has 0 aliphatic carbocycles. The third kappa shape index (κ3) is 7.47. The SMILES string of the molecule is C=C(CNC(=O)OC(C)(C)C)S/C=C(\N)C1=N[C@H](C(=O)O)CS1. The van der Waals surface area contributed by atoms with Gasteiger partial charge in [0.25, 0.3) is 0 Å². The zero-order chi connectivity index (χ0) is 17.6. The van der Waals surface area contributed by atoms with E-state index in [9.17, 15) is 9.59 Å². The number of ether oxygens (including phenoxy) is 1. The Balaban J connectivity index is 2.42. The van der Waals surface area contributed by atoms with Gasteiger partial charge in [-0.1, -0.05) is 18.3 Å². The number of carboxylic acid groups (broad SMARTS) is 1. The molecule has 0 spiro atoms. The first-order chi connectivity index (χ1) is 10.6. The Morgan fingerprint density at radius 1 is 1.61 bits per heavy atom. The van der Waals surface area contributed by atoms with Gasteiger partial charge in [-0.3, -0.25) is 4.99 Å². The fraction of sp³-hybridized carbons (Fsp3) is 0.500. The van der Waals surface area contributed by atoms with Gasteiger partial charge >= 0.3 is 12.1 Å². The van der Waals surface area contributed by atoms with E-state index in [-0.39, 0.29) is 6.54 Å². The van der Waals surface area contributed by atoms with Gasteiger partial charge in [0.1, 0.15) is 10.6 Å². The van der Waals surface area contributed by atoms with Gasteiger partial charge in [-0.2, -0.15) is 0 Å². The maximum absolute atomic E-state index is 11.5. The number of hydrogen-bond acceptors (Lipinski definition) is 7. The Morgan fingerprint density at radius 3 is 2.78 bits per heavy atom. The van der Waals surface area contributed by atoms with Crippen molar-refractivity contribution in [1.29, 1.82) is 0 Å². The highest BCUT2D eigenvalue weighted by Crippen LogP contribution is 2.24. The standard InChI is InChI=1S/C14H21N3O4S2/c1-8(5-16-13(20)21-14(2,3)4)22-6-9(15)11-17-10(7-23-11)12(18)19/h6,10H,1,5,7,15H2,2-4H3,(H,16,20)(H,18,19)/b9-6-/t10-/m0/s1. The van der Waals surface area contributed by atoms with E-state index in [0.29, 0.717) is 21.4 Å². The molecular formula is C14H21N3O4S2. The second-order valence-electron chi connectivity index (χ2n) is 5.68. The molecule has 128 valence electrons. The van der Waals surface area contributed by atoms with E-state index >= 15 is 0 Å². The average molecular weight is 359 g/mol. The first-order valence-electron chi connectivity index (χ1n) is 6.79. The van der Waals surface area contributed by atoms with E-state index in [4.69, 9.17) is 15.6 Å². The second kappa shape index (κ2) is 8.30. The minimum absolute atomic E-state index is 0.237. The van der Waals surface area contributed by atoms with Crippen molar-refractivity contribution >= 4 is 40.6 Å². The number of thioether (sulfide) groups is 2. The van der Waals surface area contributed by atoms with E-state index in [2.05, 4.69) is 16.9 Å². The summed E-state index contributed by atoms with van der Waals surface area (Å²) in [7, 11) is 0. The van der Waals surface area contributed by atoms with E-state index in [1.165, 1.54) is 23.5 Å². The number of alkyl carbamates (subject to hydrolysis) is 1. The molecule has 1 amide bonds. The molecule has 1 atom stereocenters. The van der Waals surface area contributed by atoms with Crippen LogP contribution < -0.4 is 11.1 Å². The molecule has 0 aromatic rings. The lowest BCUT2D eigenvalue weighted by atomic mass is 10.2. The number of aliphatic imine (C=N–C) groups is 1. The predicted molar refractivity (Wildman–Crippen MR) is 94.6 cm³/mol. The molecule has 9 heteroatoms. The minimum atomic E-state index is -0.959. The lowest BCUT2D eigenvalue weighted by Gasteiger charge is -2.19. The van der Waals surface area contributed by atoms with Crippen LogP contribution in [0.4, 0.5) is 4.79 Å². The summed E-state index contributed by atoms with van der Waals surface area (Å²) in [6.45, 7) is 9.40. The summed E-state index contributed by atoms with van der Waals surface area (Å²) in [5, 5.41) is 13.6. The van der Waals surface area contributed by atoms with Crippen LogP contribution in [0, 0.1) is 0 Å². The Kier molecular flexibility index (Phi) is 7.01. The summed E-state index contributed by atoms with van der Waals surface area (Å²) < 4.78 is 5.11. The third-order valence-electron chi connectivity index (χ3n) is 2.36. The molecule has 1 aliphatic rings. The zero-order valence-corrected chi connectivity index (χ0v) is 14.9. The van der Waals surface area contributed by atoms with Crippen molar-refractivity contribution in [2.45, 2.75) is 32.4 Å². The number of nitrogens with two attached hydrogens (primary N) is 1. The molecule has 0 saturated carbocycles. The summed E-state index contributed by atoms with van der Waals surface area (Å²) in [5.41, 5.74) is 5.71. The van der Waals surface area contributed by atoms with Crippen molar-refractivity contribution in [1.82, 2.24) is 5.32 Å². The van der Waals surface area contributed by atoms with Gasteiger partial charge in [0, 0.05) is 16.1 Å². The van der Waals surface area contributed by atoms with Gasteiger partial charge in [-0.05, 0) is 20.8 Å². The van der Waals surface area contributed by atoms with Crippen LogP contribution in [0.25, 0.3) is 0 Å². The van der Waals surface area contributed by atoms with Gasteiger partial charge in [-0.25, -0.2) is 9.59 Å². The summed E-state index contributed by atoms with van der Waals surface area (Å²) in [6.07, 6.45) is -0.517. The van der Waals surface area contributed by atoms with Gasteiger partial charge < -0.3 is 20.9 Å². The molecule has 0 unspecified atom stereocenters. The van der Waals surface area contributed by atoms with E-state index in [0.717, 1.165) is 0 Å². The number of aliphatic carboxylic acids is 1. The van der Waals surface area contributed by atoms with Crippen molar-refractivity contribution in [2.24, 2.45) is 10.7 Å². The van der Waals surface area contributed by atoms with Crippen LogP contribution in [0.5, 0.6) is 0 Å². The second-order valence-corrected chi connectivity index (χ2v) is 7.74. The van der Waals surface area contributed by atoms with Crippen molar-refractivity contribution in [2.75, 3.05) is 12.3 Å². The van der Waals surface area contributed by atoms with Crippen molar-refractivity contribution in [3.8, 4) is 0 Å². The lowest BCUT2D eigenvalue weighted by molar-refractivity contribution is -0.137. The Morgan fingerprint density at radius 2 is 2.26 bits per heavy atom. The van der Waals surface area contributed by atoms with Gasteiger partial charge in [0.2, 0.25) is 0 Å². The Bertz CT molecular complexity index is 553. The van der Waals surface area contributed by atoms with Crippen molar-refractivity contribution < 1.29 is 19.4 Å². The fourth-order valence-corrected chi connectivity index (χ4v) is 2.98. The summed E-state index contributed by atoms with van der Waals surface area (Å²) in [5.74, 6) is -0.579. The van der Waals surface area contributed by atoms with Crippen LogP contribution in [0.3, 0.4) is 0 Å². The fourth-order valence-electron chi connectivity index (χ4n) is 1.38. The summed E-state index contributed by atoms with van der Waals surface area (Å²) >= 11 is 2.55. The van der Waals surface area contributed by atoms with Crippen LogP contribution in [0.1, 0.15) is 20.8 Å². The highest BCUT2D eigenvalue weighted by molar-refractivity contribution is 8.15. The monoisotopic (exact) mass is 359 g/mol. The van der Waals surface area contributed by atoms with E-state index in [1.807, 2.05) is 0 Å². The van der Waals surface area contributed by atoms with Crippen LogP contribution in [0.15, 0.2) is 27.6 Å². The largest absolute Gasteiger partial charge is 0.480 e. The zero-order valence-electron chi connectivity index (χ0n) is 13.3. The molecule has 23 heavy (non-hydrogen) atoms. The topological polar surface area (TPSA) is 114 Å². The number of carboxylic acids is 1. The van der Waals surface area contributed by atoms with Crippen molar-refractivity contribution in [3.05, 3.63) is 22.6 Å². The number of hydrogen-bond donors (Lipinski definition) is 3. The quantitative estimate of drug-likeness (QED) is 0.666. The van der Waals surface area contributed by atoms with Gasteiger partial charge in [0.15, 0.2) is 6.04 Å². The van der Waals surface area contributed by atoms with E-state index < -0.39 is 23.7 Å². The minimum Gasteiger partial charge on any atom is -0.480 e. The van der Waals surface area contributed by atoms with Crippen LogP contribution in [-0.2, 0) is 9.53 Å². The number of carbonyl (C=O) groups is 2. The number of rotatable bonds is 6. The number of nitrogens with zero attached hydrogens (tertiary/aromatic N) is 1. The first kappa shape index (κ1) is 19.4. The lowest BCUT2D eigenvalue weighted by Crippen LogP contribution is -2.33. The van der Waals surface area contributed by atoms with E-state index in [1.54, 1.807) is 26.2 Å². The maximum Gasteiger partial charge on any atom is 0.407 e. The molecule has 0 aromatic carbocycles. The molecule has 0 fully saturated rings. The normalized spacial score (nSPS) is 18.3. The molecule has 7 nitrogen and oxygen atoms in total. The molecule has 0 saturated heterocycles. The Hall–Kier alpha value is -1.61. The third-order valence-corrected chi connectivity index (χ3v) is 4.31. The predicted octanol–water partition coefficient (Wildman–Crippen LogP) is 2.16. The molecule has 4 N–H and O–H groups in total. The summed E-state index contributed by atoms with van der Waals surface area (Å²) in [6, 6.07) is -0.746. The molecule has 1 heterocycles. The number of carbonyl (C=O) groups excluding carboxylic acids is 1. The number of amides is 1. The molecule has 1 aliphatic heterocycles. The molecular weight excluding hydrogens is 338 g/mol. The molecule has 0 radical (unpaired) electrons. The van der Waals surface area contributed by atoms with Crippen LogP contribution in [-0.4, -0.2) is 46.2 Å². The summed E-state index contributed by atoms with van der Waals surface area (Å²) in [4.78, 5) is 27.0. The van der Waals surface area contributed by atoms with Crippen LogP contribution >= 0.6 is 23.5 Å². The van der Waals surface area contributed by atoms with Crippen molar-refractivity contribution in [3.63, 3.8) is 0 Å². The maximum atomic E-state index is 11.5. The molecule has 1 rings (SSSR count). The van der Waals surface area contributed by atoms with Gasteiger partial charge in [-0.15, -0.1) is 11.8 Å². The highest BCUT2D eigenvalue weighted by atomic mass is 32.2. The number of nitrogens with one attached hydrogen (secondary N) is 1. The van der Waals surface area contributed by atoms with Crippen LogP contribution in [0.2, 0.25) is 0 Å². The van der Waals surface area contributed by atoms with Gasteiger partial charge in [0.05, 0.1) is 12.2 Å². The highest BCUT2D eigenvalue weighted by Gasteiger charge is 2.25. The molecule has 0 aromatic heterocycles. The first-order valence-corrected chi connectivity index (χ1v) is 8.65. The smallest absolute Gasteiger partial charge is 0.407 e. The molecule has 0 bridgehead atoms.